The van der Waals surface area contributed by atoms with Gasteiger partial charge in [0, 0.05) is 3.57 Å². The molecular weight excluding hydrogens is 499 g/mol. The second-order valence-corrected chi connectivity index (χ2v) is 7.77. The molecule has 30 heavy (non-hydrogen) atoms. The van der Waals surface area contributed by atoms with Crippen molar-refractivity contribution in [3.05, 3.63) is 56.7 Å². The van der Waals surface area contributed by atoms with Gasteiger partial charge in [0.1, 0.15) is 22.6 Å². The predicted molar refractivity (Wildman–Crippen MR) is 123 cm³/mol. The molecule has 1 fully saturated rings. The Bertz CT molecular complexity index is 876. The lowest BCUT2D eigenvalue weighted by molar-refractivity contribution is 0.0587. The molecule has 0 unspecified atom stereocenters. The van der Waals surface area contributed by atoms with Crippen LogP contribution >= 0.6 is 22.6 Å². The van der Waals surface area contributed by atoms with E-state index in [1.54, 1.807) is 12.1 Å². The number of benzene rings is 2. The molecule has 1 aliphatic carbocycles. The molecule has 0 amide bonds. The number of hydrogen-bond donors (Lipinski definition) is 0. The zero-order valence-corrected chi connectivity index (χ0v) is 19.9. The van der Waals surface area contributed by atoms with E-state index in [1.165, 1.54) is 32.6 Å². The first kappa shape index (κ1) is 24.0. The van der Waals surface area contributed by atoms with Crippen LogP contribution in [0.25, 0.3) is 0 Å². The zero-order valence-electron chi connectivity index (χ0n) is 17.7. The van der Waals surface area contributed by atoms with Gasteiger partial charge in [0.2, 0.25) is 0 Å². The van der Waals surface area contributed by atoms with Gasteiger partial charge in [0.15, 0.2) is 0 Å². The number of methoxy groups -OCH3 is 2. The van der Waals surface area contributed by atoms with Gasteiger partial charge in [-0.05, 0) is 91.1 Å². The number of rotatable bonds is 7. The highest BCUT2D eigenvalue weighted by atomic mass is 127. The third-order valence-corrected chi connectivity index (χ3v) is 5.08. The van der Waals surface area contributed by atoms with E-state index in [4.69, 9.17) is 14.2 Å². The van der Waals surface area contributed by atoms with Crippen molar-refractivity contribution in [1.82, 2.24) is 0 Å². The van der Waals surface area contributed by atoms with Crippen LogP contribution in [0.15, 0.2) is 36.4 Å². The quantitative estimate of drug-likeness (QED) is 0.364. The molecule has 0 atom stereocenters. The van der Waals surface area contributed by atoms with Crippen LogP contribution in [0.1, 0.15) is 58.9 Å². The second-order valence-electron chi connectivity index (χ2n) is 6.52. The van der Waals surface area contributed by atoms with E-state index in [0.29, 0.717) is 41.8 Å². The van der Waals surface area contributed by atoms with Gasteiger partial charge in [-0.1, -0.05) is 6.07 Å². The molecule has 3 rings (SSSR count). The summed E-state index contributed by atoms with van der Waals surface area (Å²) >= 11 is 2.17. The summed E-state index contributed by atoms with van der Waals surface area (Å²) in [6.45, 7) is 4.87. The summed E-state index contributed by atoms with van der Waals surface area (Å²) < 4.78 is 21.2. The number of carbonyl (C=O) groups excluding carboxylic acids is 2. The van der Waals surface area contributed by atoms with Crippen molar-refractivity contribution in [3.8, 4) is 11.5 Å². The molecule has 1 saturated carbocycles. The summed E-state index contributed by atoms with van der Waals surface area (Å²) in [6.07, 6.45) is 2.48. The summed E-state index contributed by atoms with van der Waals surface area (Å²) in [7, 11) is 2.74. The average molecular weight is 526 g/mol. The van der Waals surface area contributed by atoms with Crippen LogP contribution in [-0.4, -0.2) is 39.4 Å². The lowest BCUT2D eigenvalue weighted by atomic mass is 10.1. The SMILES string of the molecule is CCOc1cc(C2CC2)ccc1C(=O)OC.CCOc1cc(I)ccc1C(=O)OC. The van der Waals surface area contributed by atoms with Crippen LogP contribution in [-0.2, 0) is 9.47 Å². The van der Waals surface area contributed by atoms with E-state index < -0.39 is 0 Å². The van der Waals surface area contributed by atoms with E-state index >= 15 is 0 Å². The molecule has 2 aromatic rings. The fraction of sp³-hybridized carbons (Fsp3) is 0.391. The lowest BCUT2D eigenvalue weighted by Crippen LogP contribution is -2.06. The van der Waals surface area contributed by atoms with E-state index in [2.05, 4.69) is 27.3 Å². The third kappa shape index (κ3) is 6.62. The molecule has 7 heteroatoms. The molecule has 0 aliphatic heterocycles. The molecule has 0 saturated heterocycles. The van der Waals surface area contributed by atoms with Crippen molar-refractivity contribution in [1.29, 1.82) is 0 Å². The lowest BCUT2D eigenvalue weighted by Gasteiger charge is -2.10. The molecule has 1 aliphatic rings. The van der Waals surface area contributed by atoms with Crippen LogP contribution in [0.3, 0.4) is 0 Å². The van der Waals surface area contributed by atoms with Gasteiger partial charge >= 0.3 is 11.9 Å². The van der Waals surface area contributed by atoms with Crippen LogP contribution in [0.5, 0.6) is 11.5 Å². The Morgan fingerprint density at radius 1 is 0.867 bits per heavy atom. The average Bonchev–Trinajstić information content (AvgIpc) is 3.59. The van der Waals surface area contributed by atoms with Gasteiger partial charge in [-0.3, -0.25) is 0 Å². The first-order chi connectivity index (χ1) is 14.4. The summed E-state index contributed by atoms with van der Waals surface area (Å²) in [6, 6.07) is 11.1. The van der Waals surface area contributed by atoms with Crippen LogP contribution in [0, 0.1) is 3.57 Å². The highest BCUT2D eigenvalue weighted by Gasteiger charge is 2.25. The minimum Gasteiger partial charge on any atom is -0.493 e. The third-order valence-electron chi connectivity index (χ3n) is 4.41. The van der Waals surface area contributed by atoms with Crippen molar-refractivity contribution >= 4 is 34.5 Å². The van der Waals surface area contributed by atoms with Crippen LogP contribution in [0.2, 0.25) is 0 Å². The maximum atomic E-state index is 11.5. The van der Waals surface area contributed by atoms with Crippen molar-refractivity contribution in [2.75, 3.05) is 27.4 Å². The zero-order chi connectivity index (χ0) is 22.1. The molecule has 0 bridgehead atoms. The Kier molecular flexibility index (Phi) is 9.42. The van der Waals surface area contributed by atoms with Crippen LogP contribution < -0.4 is 9.47 Å². The topological polar surface area (TPSA) is 71.1 Å². The van der Waals surface area contributed by atoms with Crippen molar-refractivity contribution < 1.29 is 28.5 Å². The number of ether oxygens (including phenoxy) is 4. The number of hydrogen-bond acceptors (Lipinski definition) is 6. The summed E-state index contributed by atoms with van der Waals surface area (Å²) in [5.74, 6) is 1.16. The van der Waals surface area contributed by atoms with E-state index in [9.17, 15) is 9.59 Å². The number of halogens is 1. The molecule has 0 aromatic heterocycles. The highest BCUT2D eigenvalue weighted by Crippen LogP contribution is 2.41. The minimum absolute atomic E-state index is 0.342. The van der Waals surface area contributed by atoms with E-state index in [0.717, 1.165) is 3.57 Å². The molecule has 2 aromatic carbocycles. The van der Waals surface area contributed by atoms with Gasteiger partial charge in [0.05, 0.1) is 27.4 Å². The van der Waals surface area contributed by atoms with E-state index in [1.807, 2.05) is 38.1 Å². The monoisotopic (exact) mass is 526 g/mol. The number of esters is 2. The molecule has 0 N–H and O–H groups in total. The largest absolute Gasteiger partial charge is 0.493 e. The Hall–Kier alpha value is -2.29. The number of carbonyl (C=O) groups is 2. The van der Waals surface area contributed by atoms with Gasteiger partial charge in [-0.2, -0.15) is 0 Å². The van der Waals surface area contributed by atoms with E-state index in [-0.39, 0.29) is 11.9 Å². The molecule has 0 spiro atoms. The summed E-state index contributed by atoms with van der Waals surface area (Å²) in [5, 5.41) is 0. The molecule has 0 heterocycles. The van der Waals surface area contributed by atoms with Gasteiger partial charge in [0.25, 0.3) is 0 Å². The summed E-state index contributed by atoms with van der Waals surface area (Å²) in [5.41, 5.74) is 2.24. The van der Waals surface area contributed by atoms with Gasteiger partial charge < -0.3 is 18.9 Å². The predicted octanol–water partition coefficient (Wildman–Crippen LogP) is 5.23. The summed E-state index contributed by atoms with van der Waals surface area (Å²) in [4.78, 5) is 22.8. The Balaban J connectivity index is 0.000000216. The maximum Gasteiger partial charge on any atom is 0.341 e. The fourth-order valence-corrected chi connectivity index (χ4v) is 3.28. The first-order valence-electron chi connectivity index (χ1n) is 9.80. The standard InChI is InChI=1S/C13H16O3.C10H11IO3/c1-3-16-12-8-10(9-4-5-9)6-7-11(12)13(14)15-2;1-3-14-9-6-7(11)4-5-8(9)10(12)13-2/h6-9H,3-5H2,1-2H3;4-6H,3H2,1-2H3. The molecule has 0 radical (unpaired) electrons. The molecule has 6 nitrogen and oxygen atoms in total. The normalized spacial score (nSPS) is 12.3. The van der Waals surface area contributed by atoms with Gasteiger partial charge in [-0.25, -0.2) is 9.59 Å². The maximum absolute atomic E-state index is 11.5. The smallest absolute Gasteiger partial charge is 0.341 e. The second kappa shape index (κ2) is 11.8. The van der Waals surface area contributed by atoms with Crippen molar-refractivity contribution in [2.45, 2.75) is 32.6 Å². The van der Waals surface area contributed by atoms with Crippen LogP contribution in [0.4, 0.5) is 0 Å². The Morgan fingerprint density at radius 3 is 1.83 bits per heavy atom. The molecule has 162 valence electrons. The molecular formula is C23H27IO6. The van der Waals surface area contributed by atoms with Crippen molar-refractivity contribution in [2.24, 2.45) is 0 Å². The Morgan fingerprint density at radius 2 is 1.37 bits per heavy atom. The first-order valence-corrected chi connectivity index (χ1v) is 10.9. The fourth-order valence-electron chi connectivity index (χ4n) is 2.81. The Labute approximate surface area is 191 Å². The van der Waals surface area contributed by atoms with Crippen molar-refractivity contribution in [3.63, 3.8) is 0 Å². The minimum atomic E-state index is -0.371. The highest BCUT2D eigenvalue weighted by molar-refractivity contribution is 14.1. The van der Waals surface area contributed by atoms with Gasteiger partial charge in [-0.15, -0.1) is 0 Å².